The zero-order chi connectivity index (χ0) is 12.4. The monoisotopic (exact) mass is 237 g/mol. The van der Waals surface area contributed by atoms with Crippen LogP contribution in [-0.2, 0) is 0 Å². The van der Waals surface area contributed by atoms with E-state index >= 15 is 0 Å². The molecule has 17 heavy (non-hydrogen) atoms. The van der Waals surface area contributed by atoms with Crippen LogP contribution in [0.25, 0.3) is 0 Å². The van der Waals surface area contributed by atoms with Crippen LogP contribution in [0.5, 0.6) is 5.75 Å². The summed E-state index contributed by atoms with van der Waals surface area (Å²) in [6, 6.07) is 5.92. The van der Waals surface area contributed by atoms with Crippen molar-refractivity contribution >= 4 is 0 Å². The second kappa shape index (κ2) is 5.05. The summed E-state index contributed by atoms with van der Waals surface area (Å²) < 4.78 is 18.6. The van der Waals surface area contributed by atoms with Gasteiger partial charge in [-0.15, -0.1) is 0 Å². The van der Waals surface area contributed by atoms with Gasteiger partial charge in [0.2, 0.25) is 0 Å². The Balaban J connectivity index is 2.16. The minimum atomic E-state index is -0.257. The van der Waals surface area contributed by atoms with Crippen LogP contribution in [0.1, 0.15) is 31.2 Å². The van der Waals surface area contributed by atoms with Crippen molar-refractivity contribution in [2.75, 3.05) is 14.2 Å². The van der Waals surface area contributed by atoms with E-state index in [-0.39, 0.29) is 5.82 Å². The van der Waals surface area contributed by atoms with E-state index in [1.165, 1.54) is 7.11 Å². The Hall–Kier alpha value is -1.09. The Morgan fingerprint density at radius 1 is 1.47 bits per heavy atom. The zero-order valence-corrected chi connectivity index (χ0v) is 10.7. The van der Waals surface area contributed by atoms with Crippen LogP contribution < -0.4 is 10.1 Å². The van der Waals surface area contributed by atoms with Crippen molar-refractivity contribution in [1.82, 2.24) is 5.32 Å². The van der Waals surface area contributed by atoms with Gasteiger partial charge in [-0.2, -0.15) is 0 Å². The van der Waals surface area contributed by atoms with E-state index in [1.54, 1.807) is 12.1 Å². The van der Waals surface area contributed by atoms with E-state index in [0.717, 1.165) is 18.4 Å². The van der Waals surface area contributed by atoms with Crippen molar-refractivity contribution in [3.63, 3.8) is 0 Å². The molecule has 1 N–H and O–H groups in total. The molecule has 0 heterocycles. The van der Waals surface area contributed by atoms with E-state index in [4.69, 9.17) is 4.74 Å². The van der Waals surface area contributed by atoms with Crippen molar-refractivity contribution in [1.29, 1.82) is 0 Å². The van der Waals surface area contributed by atoms with Crippen molar-refractivity contribution in [3.8, 4) is 5.75 Å². The Kier molecular flexibility index (Phi) is 3.67. The first-order valence-electron chi connectivity index (χ1n) is 6.22. The number of nitrogens with one attached hydrogen (secondary N) is 1. The Bertz CT molecular complexity index is 394. The summed E-state index contributed by atoms with van der Waals surface area (Å²) in [5.41, 5.74) is 1.10. The molecule has 1 aliphatic carbocycles. The summed E-state index contributed by atoms with van der Waals surface area (Å²) in [6.07, 6.45) is 2.23. The Morgan fingerprint density at radius 3 is 2.76 bits per heavy atom. The van der Waals surface area contributed by atoms with Crippen molar-refractivity contribution in [3.05, 3.63) is 29.6 Å². The molecular formula is C14H20FNO. The molecule has 1 aliphatic rings. The van der Waals surface area contributed by atoms with Gasteiger partial charge in [0.05, 0.1) is 7.11 Å². The van der Waals surface area contributed by atoms with E-state index in [1.807, 2.05) is 13.1 Å². The number of benzene rings is 1. The summed E-state index contributed by atoms with van der Waals surface area (Å²) in [5, 5.41) is 3.32. The molecule has 0 spiro atoms. The molecule has 2 rings (SSSR count). The van der Waals surface area contributed by atoms with Gasteiger partial charge in [0, 0.05) is 6.04 Å². The third-order valence-electron chi connectivity index (χ3n) is 3.99. The highest BCUT2D eigenvalue weighted by molar-refractivity contribution is 5.33. The number of hydrogen-bond acceptors (Lipinski definition) is 2. The van der Waals surface area contributed by atoms with Gasteiger partial charge in [-0.25, -0.2) is 4.39 Å². The molecule has 3 atom stereocenters. The summed E-state index contributed by atoms with van der Waals surface area (Å²) in [6.45, 7) is 2.20. The molecule has 94 valence electrons. The number of rotatable bonds is 4. The van der Waals surface area contributed by atoms with E-state index < -0.39 is 0 Å². The Morgan fingerprint density at radius 2 is 2.24 bits per heavy atom. The summed E-state index contributed by atoms with van der Waals surface area (Å²) in [7, 11) is 3.49. The maximum atomic E-state index is 13.6. The van der Waals surface area contributed by atoms with Crippen LogP contribution in [-0.4, -0.2) is 20.2 Å². The third kappa shape index (κ3) is 2.16. The van der Waals surface area contributed by atoms with Crippen LogP contribution in [0.15, 0.2) is 18.2 Å². The second-order valence-electron chi connectivity index (χ2n) is 4.70. The molecule has 3 unspecified atom stereocenters. The lowest BCUT2D eigenvalue weighted by Gasteiger charge is -2.45. The summed E-state index contributed by atoms with van der Waals surface area (Å²) in [4.78, 5) is 0. The highest BCUT2D eigenvalue weighted by atomic mass is 19.1. The van der Waals surface area contributed by atoms with E-state index in [9.17, 15) is 4.39 Å². The first kappa shape index (κ1) is 12.4. The SMILES string of the molecule is CCC1C(NC)CC1c1ccc(OC)c(F)c1. The molecule has 0 bridgehead atoms. The number of hydrogen-bond donors (Lipinski definition) is 1. The molecule has 0 radical (unpaired) electrons. The largest absolute Gasteiger partial charge is 0.494 e. The van der Waals surface area contributed by atoms with Gasteiger partial charge in [-0.05, 0) is 43.0 Å². The van der Waals surface area contributed by atoms with Gasteiger partial charge in [0.1, 0.15) is 0 Å². The number of methoxy groups -OCH3 is 1. The lowest BCUT2D eigenvalue weighted by atomic mass is 9.65. The summed E-state index contributed by atoms with van der Waals surface area (Å²) >= 11 is 0. The second-order valence-corrected chi connectivity index (χ2v) is 4.70. The third-order valence-corrected chi connectivity index (χ3v) is 3.99. The number of ether oxygens (including phenoxy) is 1. The van der Waals surface area contributed by atoms with E-state index in [2.05, 4.69) is 12.2 Å². The predicted octanol–water partition coefficient (Wildman–Crippen LogP) is 2.94. The zero-order valence-electron chi connectivity index (χ0n) is 10.7. The molecule has 2 nitrogen and oxygen atoms in total. The molecule has 1 aromatic carbocycles. The van der Waals surface area contributed by atoms with Crippen molar-refractivity contribution in [2.24, 2.45) is 5.92 Å². The van der Waals surface area contributed by atoms with Crippen LogP contribution >= 0.6 is 0 Å². The highest BCUT2D eigenvalue weighted by Gasteiger charge is 2.39. The van der Waals surface area contributed by atoms with Gasteiger partial charge >= 0.3 is 0 Å². The fourth-order valence-corrected chi connectivity index (χ4v) is 2.91. The smallest absolute Gasteiger partial charge is 0.165 e. The quantitative estimate of drug-likeness (QED) is 0.869. The van der Waals surface area contributed by atoms with Crippen LogP contribution in [0, 0.1) is 11.7 Å². The molecule has 3 heteroatoms. The first-order chi connectivity index (χ1) is 8.21. The average Bonchev–Trinajstić information content (AvgIpc) is 2.29. The minimum Gasteiger partial charge on any atom is -0.494 e. The molecule has 0 saturated heterocycles. The maximum absolute atomic E-state index is 13.6. The number of halogens is 1. The maximum Gasteiger partial charge on any atom is 0.165 e. The van der Waals surface area contributed by atoms with Crippen LogP contribution in [0.4, 0.5) is 4.39 Å². The predicted molar refractivity (Wildman–Crippen MR) is 66.9 cm³/mol. The van der Waals surface area contributed by atoms with Gasteiger partial charge in [0.15, 0.2) is 11.6 Å². The van der Waals surface area contributed by atoms with Gasteiger partial charge in [-0.1, -0.05) is 19.4 Å². The molecule has 1 saturated carbocycles. The minimum absolute atomic E-state index is 0.257. The molecule has 1 aromatic rings. The van der Waals surface area contributed by atoms with Gasteiger partial charge in [0.25, 0.3) is 0 Å². The first-order valence-corrected chi connectivity index (χ1v) is 6.22. The molecule has 0 aromatic heterocycles. The van der Waals surface area contributed by atoms with Crippen molar-refractivity contribution < 1.29 is 9.13 Å². The average molecular weight is 237 g/mol. The van der Waals surface area contributed by atoms with Crippen molar-refractivity contribution in [2.45, 2.75) is 31.7 Å². The Labute approximate surface area is 102 Å². The molecule has 0 aliphatic heterocycles. The van der Waals surface area contributed by atoms with Crippen LogP contribution in [0.2, 0.25) is 0 Å². The normalized spacial score (nSPS) is 27.6. The fraction of sp³-hybridized carbons (Fsp3) is 0.571. The fourth-order valence-electron chi connectivity index (χ4n) is 2.91. The lowest BCUT2D eigenvalue weighted by molar-refractivity contribution is 0.169. The van der Waals surface area contributed by atoms with Gasteiger partial charge in [-0.3, -0.25) is 0 Å². The standard InChI is InChI=1S/C14H20FNO/c1-4-10-11(8-13(10)16-2)9-5-6-14(17-3)12(15)7-9/h5-7,10-11,13,16H,4,8H2,1-3H3. The molecular weight excluding hydrogens is 217 g/mol. The topological polar surface area (TPSA) is 21.3 Å². The molecule has 0 amide bonds. The van der Waals surface area contributed by atoms with Gasteiger partial charge < -0.3 is 10.1 Å². The van der Waals surface area contributed by atoms with E-state index in [0.29, 0.717) is 23.6 Å². The van der Waals surface area contributed by atoms with Crippen LogP contribution in [0.3, 0.4) is 0 Å². The highest BCUT2D eigenvalue weighted by Crippen LogP contribution is 2.45. The summed E-state index contributed by atoms with van der Waals surface area (Å²) in [5.74, 6) is 1.17. The molecule has 1 fully saturated rings. The lowest BCUT2D eigenvalue weighted by Crippen LogP contribution is -2.47.